The van der Waals surface area contributed by atoms with Crippen molar-refractivity contribution in [2.24, 2.45) is 5.73 Å². The van der Waals surface area contributed by atoms with E-state index in [4.69, 9.17) is 22.4 Å². The van der Waals surface area contributed by atoms with Gasteiger partial charge in [0, 0.05) is 10.9 Å². The molecule has 14 heavy (non-hydrogen) atoms. The largest absolute Gasteiger partial charge is 0.395 e. The van der Waals surface area contributed by atoms with Gasteiger partial charge in [-0.2, -0.15) is 0 Å². The second-order valence-corrected chi connectivity index (χ2v) is 4.55. The Morgan fingerprint density at radius 3 is 2.79 bits per heavy atom. The lowest BCUT2D eigenvalue weighted by Crippen LogP contribution is -2.24. The maximum atomic E-state index is 8.73. The minimum Gasteiger partial charge on any atom is -0.395 e. The molecule has 0 spiro atoms. The summed E-state index contributed by atoms with van der Waals surface area (Å²) >= 11 is 7.64. The van der Waals surface area contributed by atoms with E-state index < -0.39 is 0 Å². The van der Waals surface area contributed by atoms with Crippen molar-refractivity contribution in [3.8, 4) is 0 Å². The van der Waals surface area contributed by atoms with Gasteiger partial charge in [-0.05, 0) is 24.3 Å². The van der Waals surface area contributed by atoms with Gasteiger partial charge in [0.15, 0.2) is 0 Å². The number of nitrogens with two attached hydrogens (primary N) is 1. The molecule has 0 unspecified atom stereocenters. The van der Waals surface area contributed by atoms with Crippen LogP contribution in [0.15, 0.2) is 29.2 Å². The van der Waals surface area contributed by atoms with Gasteiger partial charge in [0.2, 0.25) is 0 Å². The van der Waals surface area contributed by atoms with Crippen molar-refractivity contribution in [1.82, 2.24) is 0 Å². The maximum Gasteiger partial charge on any atom is 0.0582 e. The van der Waals surface area contributed by atoms with Gasteiger partial charge < -0.3 is 10.8 Å². The summed E-state index contributed by atoms with van der Waals surface area (Å²) < 4.78 is 0. The Morgan fingerprint density at radius 1 is 1.43 bits per heavy atom. The minimum absolute atomic E-state index is 0.0447. The van der Waals surface area contributed by atoms with Gasteiger partial charge in [-0.25, -0.2) is 0 Å². The van der Waals surface area contributed by atoms with Crippen molar-refractivity contribution in [2.45, 2.75) is 17.4 Å². The van der Waals surface area contributed by atoms with Crippen LogP contribution in [0.1, 0.15) is 6.42 Å². The van der Waals surface area contributed by atoms with E-state index in [0.29, 0.717) is 0 Å². The Kier molecular flexibility index (Phi) is 5.33. The van der Waals surface area contributed by atoms with Crippen molar-refractivity contribution in [3.05, 3.63) is 29.3 Å². The van der Waals surface area contributed by atoms with Crippen molar-refractivity contribution in [3.63, 3.8) is 0 Å². The summed E-state index contributed by atoms with van der Waals surface area (Å²) in [5, 5.41) is 9.50. The van der Waals surface area contributed by atoms with Crippen LogP contribution in [0, 0.1) is 0 Å². The maximum absolute atomic E-state index is 8.73. The monoisotopic (exact) mass is 231 g/mol. The highest BCUT2D eigenvalue weighted by molar-refractivity contribution is 7.99. The van der Waals surface area contributed by atoms with E-state index in [1.165, 1.54) is 0 Å². The highest BCUT2D eigenvalue weighted by Gasteiger charge is 2.02. The van der Waals surface area contributed by atoms with Crippen molar-refractivity contribution in [1.29, 1.82) is 0 Å². The van der Waals surface area contributed by atoms with Crippen LogP contribution in [0.3, 0.4) is 0 Å². The lowest BCUT2D eigenvalue weighted by molar-refractivity contribution is 0.264. The van der Waals surface area contributed by atoms with Gasteiger partial charge in [-0.3, -0.25) is 0 Å². The molecule has 0 fully saturated rings. The highest BCUT2D eigenvalue weighted by atomic mass is 35.5. The fourth-order valence-corrected chi connectivity index (χ4v) is 2.29. The lowest BCUT2D eigenvalue weighted by atomic mass is 10.3. The standard InChI is InChI=1S/C10H14ClNOS/c11-9-3-1-2-4-10(9)14-6-5-8(12)7-13/h1-4,8,13H,5-7,12H2/t8-/m0/s1. The number of hydrogen-bond acceptors (Lipinski definition) is 3. The number of thioether (sulfide) groups is 1. The van der Waals surface area contributed by atoms with Crippen molar-refractivity contribution < 1.29 is 5.11 Å². The summed E-state index contributed by atoms with van der Waals surface area (Å²) in [5.74, 6) is 0.880. The molecule has 1 rings (SSSR count). The normalized spacial score (nSPS) is 12.8. The SMILES string of the molecule is N[C@H](CO)CCSc1ccccc1Cl. The molecular weight excluding hydrogens is 218 g/mol. The summed E-state index contributed by atoms with van der Waals surface area (Å²) in [5.41, 5.74) is 5.58. The van der Waals surface area contributed by atoms with Crippen LogP contribution in [0.4, 0.5) is 0 Å². The van der Waals surface area contributed by atoms with Gasteiger partial charge in [-0.1, -0.05) is 23.7 Å². The molecule has 0 aliphatic rings. The first-order chi connectivity index (χ1) is 6.74. The van der Waals surface area contributed by atoms with Crippen LogP contribution in [0.2, 0.25) is 5.02 Å². The van der Waals surface area contributed by atoms with Gasteiger partial charge >= 0.3 is 0 Å². The third-order valence-corrected chi connectivity index (χ3v) is 3.37. The number of halogens is 1. The van der Waals surface area contributed by atoms with E-state index in [1.54, 1.807) is 11.8 Å². The van der Waals surface area contributed by atoms with Crippen LogP contribution in [-0.4, -0.2) is 23.5 Å². The third-order valence-electron chi connectivity index (χ3n) is 1.82. The first kappa shape index (κ1) is 11.9. The van der Waals surface area contributed by atoms with Gasteiger partial charge in [0.25, 0.3) is 0 Å². The Labute approximate surface area is 93.5 Å². The van der Waals surface area contributed by atoms with Crippen LogP contribution >= 0.6 is 23.4 Å². The molecule has 0 radical (unpaired) electrons. The lowest BCUT2D eigenvalue weighted by Gasteiger charge is -2.07. The molecule has 2 nitrogen and oxygen atoms in total. The average molecular weight is 232 g/mol. The summed E-state index contributed by atoms with van der Waals surface area (Å²) in [4.78, 5) is 1.07. The number of rotatable bonds is 5. The number of hydrogen-bond donors (Lipinski definition) is 2. The van der Waals surface area contributed by atoms with E-state index in [0.717, 1.165) is 22.1 Å². The molecule has 1 atom stereocenters. The quantitative estimate of drug-likeness (QED) is 0.764. The van der Waals surface area contributed by atoms with Gasteiger partial charge in [0.05, 0.1) is 11.6 Å². The van der Waals surface area contributed by atoms with E-state index in [1.807, 2.05) is 24.3 Å². The predicted octanol–water partition coefficient (Wildman–Crippen LogP) is 2.14. The molecule has 78 valence electrons. The smallest absolute Gasteiger partial charge is 0.0582 e. The topological polar surface area (TPSA) is 46.2 Å². The fourth-order valence-electron chi connectivity index (χ4n) is 0.973. The molecule has 0 aliphatic carbocycles. The first-order valence-corrected chi connectivity index (χ1v) is 5.84. The summed E-state index contributed by atoms with van der Waals surface area (Å²) in [6, 6.07) is 7.60. The average Bonchev–Trinajstić information content (AvgIpc) is 2.20. The predicted molar refractivity (Wildman–Crippen MR) is 61.9 cm³/mol. The first-order valence-electron chi connectivity index (χ1n) is 4.48. The fraction of sp³-hybridized carbons (Fsp3) is 0.400. The molecule has 0 heterocycles. The molecule has 1 aromatic carbocycles. The Bertz CT molecular complexity index is 283. The zero-order valence-corrected chi connectivity index (χ0v) is 9.39. The Hall–Kier alpha value is -0.220. The molecule has 0 aromatic heterocycles. The second kappa shape index (κ2) is 6.30. The molecule has 0 saturated heterocycles. The minimum atomic E-state index is -0.120. The van der Waals surface area contributed by atoms with Crippen LogP contribution in [0.5, 0.6) is 0 Å². The second-order valence-electron chi connectivity index (χ2n) is 3.01. The Balaban J connectivity index is 2.35. The van der Waals surface area contributed by atoms with Crippen molar-refractivity contribution in [2.75, 3.05) is 12.4 Å². The highest BCUT2D eigenvalue weighted by Crippen LogP contribution is 2.26. The molecule has 3 N–H and O–H groups in total. The number of aliphatic hydroxyl groups excluding tert-OH is 1. The molecule has 0 bridgehead atoms. The molecule has 1 aromatic rings. The molecule has 0 aliphatic heterocycles. The number of aliphatic hydroxyl groups is 1. The summed E-state index contributed by atoms with van der Waals surface area (Å²) in [6.45, 7) is 0.0447. The summed E-state index contributed by atoms with van der Waals surface area (Å²) in [7, 11) is 0. The third kappa shape index (κ3) is 3.88. The van der Waals surface area contributed by atoms with Crippen LogP contribution in [0.25, 0.3) is 0 Å². The van der Waals surface area contributed by atoms with E-state index in [9.17, 15) is 0 Å². The van der Waals surface area contributed by atoms with Crippen LogP contribution < -0.4 is 5.73 Å². The van der Waals surface area contributed by atoms with Crippen LogP contribution in [-0.2, 0) is 0 Å². The molecular formula is C10H14ClNOS. The molecule has 0 saturated carbocycles. The summed E-state index contributed by atoms with van der Waals surface area (Å²) in [6.07, 6.45) is 0.798. The zero-order chi connectivity index (χ0) is 10.4. The number of benzene rings is 1. The molecule has 0 amide bonds. The van der Waals surface area contributed by atoms with Gasteiger partial charge in [0.1, 0.15) is 0 Å². The van der Waals surface area contributed by atoms with Gasteiger partial charge in [-0.15, -0.1) is 11.8 Å². The van der Waals surface area contributed by atoms with E-state index in [-0.39, 0.29) is 12.6 Å². The zero-order valence-electron chi connectivity index (χ0n) is 7.82. The Morgan fingerprint density at radius 2 is 2.14 bits per heavy atom. The molecule has 4 heteroatoms. The van der Waals surface area contributed by atoms with E-state index in [2.05, 4.69) is 0 Å². The van der Waals surface area contributed by atoms with E-state index >= 15 is 0 Å². The van der Waals surface area contributed by atoms with Crippen molar-refractivity contribution >= 4 is 23.4 Å².